The second-order valence-electron chi connectivity index (χ2n) is 3.99. The van der Waals surface area contributed by atoms with Crippen LogP contribution in [0.5, 0.6) is 11.6 Å². The van der Waals surface area contributed by atoms with Gasteiger partial charge >= 0.3 is 0 Å². The van der Waals surface area contributed by atoms with E-state index in [9.17, 15) is 0 Å². The van der Waals surface area contributed by atoms with Gasteiger partial charge in [0.1, 0.15) is 10.9 Å². The highest BCUT2D eigenvalue weighted by Gasteiger charge is 2.06. The van der Waals surface area contributed by atoms with Gasteiger partial charge in [0.25, 0.3) is 0 Å². The maximum absolute atomic E-state index is 5.82. The molecule has 19 heavy (non-hydrogen) atoms. The van der Waals surface area contributed by atoms with Gasteiger partial charge in [0, 0.05) is 17.6 Å². The van der Waals surface area contributed by atoms with Crippen molar-refractivity contribution in [2.45, 2.75) is 0 Å². The van der Waals surface area contributed by atoms with Gasteiger partial charge in [-0.1, -0.05) is 17.7 Å². The zero-order valence-corrected chi connectivity index (χ0v) is 10.6. The molecule has 0 atom stereocenters. The lowest BCUT2D eigenvalue weighted by molar-refractivity contribution is 0.466. The molecule has 0 saturated heterocycles. The maximum atomic E-state index is 5.82. The molecule has 5 heteroatoms. The number of hydrogen-bond donors (Lipinski definition) is 1. The molecule has 2 heterocycles. The number of nitrogen functional groups attached to an aromatic ring is 1. The number of aromatic nitrogens is 2. The van der Waals surface area contributed by atoms with Gasteiger partial charge < -0.3 is 10.5 Å². The van der Waals surface area contributed by atoms with E-state index in [1.165, 1.54) is 0 Å². The lowest BCUT2D eigenvalue weighted by Gasteiger charge is -2.08. The number of hydrogen-bond acceptors (Lipinski definition) is 4. The molecule has 3 aromatic rings. The molecule has 1 aromatic carbocycles. The van der Waals surface area contributed by atoms with Crippen LogP contribution in [0.1, 0.15) is 0 Å². The van der Waals surface area contributed by atoms with Gasteiger partial charge in [-0.15, -0.1) is 0 Å². The Bertz CT molecular complexity index is 746. The summed E-state index contributed by atoms with van der Waals surface area (Å²) in [7, 11) is 0. The molecule has 94 valence electrons. The third-order valence-corrected chi connectivity index (χ3v) is 2.86. The monoisotopic (exact) mass is 271 g/mol. The van der Waals surface area contributed by atoms with Gasteiger partial charge in [0.15, 0.2) is 0 Å². The minimum Gasteiger partial charge on any atom is -0.437 e. The summed E-state index contributed by atoms with van der Waals surface area (Å²) in [5, 5.41) is 1.38. The van der Waals surface area contributed by atoms with Gasteiger partial charge in [0.2, 0.25) is 5.88 Å². The first-order valence-corrected chi connectivity index (χ1v) is 6.05. The van der Waals surface area contributed by atoms with Crippen LogP contribution in [0.25, 0.3) is 10.9 Å². The first-order valence-electron chi connectivity index (χ1n) is 5.67. The van der Waals surface area contributed by atoms with Crippen molar-refractivity contribution in [2.24, 2.45) is 0 Å². The van der Waals surface area contributed by atoms with Crippen molar-refractivity contribution in [1.29, 1.82) is 0 Å². The molecule has 0 amide bonds. The maximum Gasteiger partial charge on any atom is 0.244 e. The third kappa shape index (κ3) is 2.44. The fraction of sp³-hybridized carbons (Fsp3) is 0. The highest BCUT2D eigenvalue weighted by atomic mass is 35.5. The largest absolute Gasteiger partial charge is 0.437 e. The van der Waals surface area contributed by atoms with E-state index in [1.807, 2.05) is 30.3 Å². The zero-order chi connectivity index (χ0) is 13.2. The third-order valence-electron chi connectivity index (χ3n) is 2.65. The zero-order valence-electron chi connectivity index (χ0n) is 9.88. The van der Waals surface area contributed by atoms with Gasteiger partial charge in [-0.25, -0.2) is 0 Å². The Morgan fingerprint density at radius 1 is 1.11 bits per heavy atom. The van der Waals surface area contributed by atoms with Gasteiger partial charge in [-0.05, 0) is 30.3 Å². The summed E-state index contributed by atoms with van der Waals surface area (Å²) in [5.41, 5.74) is 7.07. The van der Waals surface area contributed by atoms with Crippen molar-refractivity contribution < 1.29 is 4.74 Å². The average molecular weight is 272 g/mol. The number of anilines is 1. The molecule has 4 nitrogen and oxygen atoms in total. The topological polar surface area (TPSA) is 61.0 Å². The molecular weight excluding hydrogens is 262 g/mol. The van der Waals surface area contributed by atoms with Crippen LogP contribution in [0.4, 0.5) is 5.69 Å². The summed E-state index contributed by atoms with van der Waals surface area (Å²) >= 11 is 5.82. The molecule has 2 N–H and O–H groups in total. The van der Waals surface area contributed by atoms with Crippen molar-refractivity contribution in [3.8, 4) is 11.6 Å². The fourth-order valence-corrected chi connectivity index (χ4v) is 1.87. The Labute approximate surface area is 114 Å². The van der Waals surface area contributed by atoms with Crippen molar-refractivity contribution >= 4 is 28.2 Å². The number of nitrogens with zero attached hydrogens (tertiary/aromatic N) is 2. The van der Waals surface area contributed by atoms with Gasteiger partial charge in [-0.3, -0.25) is 4.98 Å². The van der Waals surface area contributed by atoms with Crippen LogP contribution in [-0.2, 0) is 0 Å². The molecular formula is C14H10ClN3O. The predicted molar refractivity (Wildman–Crippen MR) is 75.5 cm³/mol. The van der Waals surface area contributed by atoms with E-state index >= 15 is 0 Å². The van der Waals surface area contributed by atoms with Crippen LogP contribution in [0.3, 0.4) is 0 Å². The van der Waals surface area contributed by atoms with Crippen molar-refractivity contribution in [1.82, 2.24) is 9.97 Å². The Morgan fingerprint density at radius 3 is 2.89 bits per heavy atom. The summed E-state index contributed by atoms with van der Waals surface area (Å²) < 4.78 is 5.64. The number of nitrogens with two attached hydrogens (primary N) is 1. The lowest BCUT2D eigenvalue weighted by atomic mass is 10.2. The van der Waals surface area contributed by atoms with Crippen molar-refractivity contribution in [2.75, 3.05) is 5.73 Å². The van der Waals surface area contributed by atoms with E-state index in [1.54, 1.807) is 18.3 Å². The van der Waals surface area contributed by atoms with Crippen LogP contribution in [0.2, 0.25) is 5.15 Å². The summed E-state index contributed by atoms with van der Waals surface area (Å²) in [6.07, 6.45) is 1.73. The predicted octanol–water partition coefficient (Wildman–Crippen LogP) is 3.66. The van der Waals surface area contributed by atoms with E-state index in [-0.39, 0.29) is 0 Å². The number of halogens is 1. The number of benzene rings is 1. The highest BCUT2D eigenvalue weighted by molar-refractivity contribution is 6.29. The van der Waals surface area contributed by atoms with Gasteiger partial charge in [-0.2, -0.15) is 4.98 Å². The molecule has 0 radical (unpaired) electrons. The second-order valence-corrected chi connectivity index (χ2v) is 4.38. The first-order chi connectivity index (χ1) is 9.22. The van der Waals surface area contributed by atoms with E-state index in [4.69, 9.17) is 22.1 Å². The summed E-state index contributed by atoms with van der Waals surface area (Å²) in [6.45, 7) is 0. The SMILES string of the molecule is Nc1ccc(Cl)nc1Oc1ccc2cccnc2c1. The Hall–Kier alpha value is -2.33. The summed E-state index contributed by atoms with van der Waals surface area (Å²) in [5.74, 6) is 0.912. The van der Waals surface area contributed by atoms with Crippen molar-refractivity contribution in [3.63, 3.8) is 0 Å². The first kappa shape index (κ1) is 11.7. The Kier molecular flexibility index (Phi) is 2.93. The molecule has 0 saturated carbocycles. The van der Waals surface area contributed by atoms with E-state index in [0.717, 1.165) is 10.9 Å². The molecule has 0 unspecified atom stereocenters. The normalized spacial score (nSPS) is 10.6. The molecule has 0 aliphatic carbocycles. The average Bonchev–Trinajstić information content (AvgIpc) is 2.43. The molecule has 2 aromatic heterocycles. The number of fused-ring (bicyclic) bond motifs is 1. The van der Waals surface area contributed by atoms with Gasteiger partial charge in [0.05, 0.1) is 11.2 Å². The molecule has 0 spiro atoms. The number of ether oxygens (including phenoxy) is 1. The molecule has 0 aliphatic heterocycles. The van der Waals surface area contributed by atoms with Crippen LogP contribution in [0, 0.1) is 0 Å². The number of rotatable bonds is 2. The second kappa shape index (κ2) is 4.74. The molecule has 0 bridgehead atoms. The Balaban J connectivity index is 1.98. The molecule has 0 aliphatic rings. The minimum absolute atomic E-state index is 0.294. The Morgan fingerprint density at radius 2 is 2.00 bits per heavy atom. The van der Waals surface area contributed by atoms with E-state index in [2.05, 4.69) is 9.97 Å². The lowest BCUT2D eigenvalue weighted by Crippen LogP contribution is -1.95. The minimum atomic E-state index is 0.294. The van der Waals surface area contributed by atoms with Crippen LogP contribution in [-0.4, -0.2) is 9.97 Å². The van der Waals surface area contributed by atoms with Crippen LogP contribution >= 0.6 is 11.6 Å². The van der Waals surface area contributed by atoms with Crippen molar-refractivity contribution in [3.05, 3.63) is 53.8 Å². The van der Waals surface area contributed by atoms with Crippen LogP contribution < -0.4 is 10.5 Å². The number of pyridine rings is 2. The smallest absolute Gasteiger partial charge is 0.244 e. The van der Waals surface area contributed by atoms with E-state index < -0.39 is 0 Å². The fourth-order valence-electron chi connectivity index (χ4n) is 1.73. The molecule has 0 fully saturated rings. The standard InChI is InChI=1S/C14H10ClN3O/c15-13-6-5-11(16)14(18-13)19-10-4-3-9-2-1-7-17-12(9)8-10/h1-8H,16H2. The quantitative estimate of drug-likeness (QED) is 0.723. The summed E-state index contributed by atoms with van der Waals surface area (Å²) in [4.78, 5) is 8.31. The van der Waals surface area contributed by atoms with Crippen LogP contribution in [0.15, 0.2) is 48.7 Å². The highest BCUT2D eigenvalue weighted by Crippen LogP contribution is 2.28. The summed E-state index contributed by atoms with van der Waals surface area (Å²) in [6, 6.07) is 12.7. The molecule has 3 rings (SSSR count). The van der Waals surface area contributed by atoms with E-state index in [0.29, 0.717) is 22.5 Å².